The van der Waals surface area contributed by atoms with Gasteiger partial charge in [0.1, 0.15) is 5.82 Å². The van der Waals surface area contributed by atoms with Crippen LogP contribution in [0.2, 0.25) is 5.02 Å². The predicted molar refractivity (Wildman–Crippen MR) is 125 cm³/mol. The zero-order chi connectivity index (χ0) is 23.3. The summed E-state index contributed by atoms with van der Waals surface area (Å²) in [5, 5.41) is 6.04. The lowest BCUT2D eigenvalue weighted by molar-refractivity contribution is -0.128. The van der Waals surface area contributed by atoms with Gasteiger partial charge in [-0.25, -0.2) is 4.39 Å². The quantitative estimate of drug-likeness (QED) is 0.665. The van der Waals surface area contributed by atoms with Crippen molar-refractivity contribution in [1.29, 1.82) is 0 Å². The first-order chi connectivity index (χ1) is 15.3. The van der Waals surface area contributed by atoms with Gasteiger partial charge < -0.3 is 10.6 Å². The molecule has 32 heavy (non-hydrogen) atoms. The number of halogens is 2. The number of hydrogen-bond acceptors (Lipinski definition) is 4. The number of anilines is 1. The van der Waals surface area contributed by atoms with Gasteiger partial charge in [0.15, 0.2) is 0 Å². The van der Waals surface area contributed by atoms with Crippen molar-refractivity contribution in [1.82, 2.24) is 15.1 Å². The Morgan fingerprint density at radius 1 is 1.06 bits per heavy atom. The zero-order valence-electron chi connectivity index (χ0n) is 18.8. The summed E-state index contributed by atoms with van der Waals surface area (Å²) in [6.07, 6.45) is 0. The van der Waals surface area contributed by atoms with Crippen LogP contribution in [0.5, 0.6) is 0 Å². The van der Waals surface area contributed by atoms with Crippen molar-refractivity contribution in [3.8, 4) is 0 Å². The number of piperazine rings is 1. The molecule has 2 amide bonds. The van der Waals surface area contributed by atoms with Gasteiger partial charge in [-0.05, 0) is 44.0 Å². The second-order valence-electron chi connectivity index (χ2n) is 8.22. The molecule has 2 aromatic carbocycles. The topological polar surface area (TPSA) is 64.7 Å². The van der Waals surface area contributed by atoms with Crippen LogP contribution in [0.25, 0.3) is 0 Å². The standard InChI is InChI=1S/C24H30ClFN4O2/c1-16-6-4-7-17(2)23(16)28-22(31)14-27-24(32)18(3)30-12-10-29(11-13-30)15-19-20(25)8-5-9-21(19)26/h4-9,18H,10-15H2,1-3H3,(H,27,32)(H,28,31)/t18-/m1/s1. The number of rotatable bonds is 7. The first kappa shape index (κ1) is 24.2. The SMILES string of the molecule is Cc1cccc(C)c1NC(=O)CNC(=O)[C@@H](C)N1CCN(Cc2c(F)cccc2Cl)CC1. The minimum absolute atomic E-state index is 0.0807. The third kappa shape index (κ3) is 6.06. The molecule has 1 aliphatic heterocycles. The minimum atomic E-state index is -0.359. The third-order valence-corrected chi connectivity index (χ3v) is 6.30. The number of para-hydroxylation sites is 1. The normalized spacial score (nSPS) is 15.9. The summed E-state index contributed by atoms with van der Waals surface area (Å²) in [6, 6.07) is 10.2. The molecule has 1 atom stereocenters. The number of nitrogens with one attached hydrogen (secondary N) is 2. The highest BCUT2D eigenvalue weighted by Gasteiger charge is 2.26. The van der Waals surface area contributed by atoms with Crippen LogP contribution in [0, 0.1) is 19.7 Å². The maximum Gasteiger partial charge on any atom is 0.243 e. The molecule has 8 heteroatoms. The van der Waals surface area contributed by atoms with Crippen LogP contribution in [0.15, 0.2) is 36.4 Å². The second-order valence-corrected chi connectivity index (χ2v) is 8.63. The molecule has 1 saturated heterocycles. The zero-order valence-corrected chi connectivity index (χ0v) is 19.5. The van der Waals surface area contributed by atoms with E-state index < -0.39 is 0 Å². The molecule has 6 nitrogen and oxygen atoms in total. The van der Waals surface area contributed by atoms with Crippen molar-refractivity contribution in [3.63, 3.8) is 0 Å². The van der Waals surface area contributed by atoms with Crippen LogP contribution < -0.4 is 10.6 Å². The van der Waals surface area contributed by atoms with Crippen LogP contribution in [0.4, 0.5) is 10.1 Å². The summed E-state index contributed by atoms with van der Waals surface area (Å²) in [6.45, 7) is 8.82. The molecule has 2 N–H and O–H groups in total. The van der Waals surface area contributed by atoms with E-state index in [1.165, 1.54) is 6.07 Å². The van der Waals surface area contributed by atoms with Gasteiger partial charge >= 0.3 is 0 Å². The molecule has 1 heterocycles. The fourth-order valence-electron chi connectivity index (χ4n) is 3.89. The number of hydrogen-bond donors (Lipinski definition) is 2. The number of amides is 2. The Bertz CT molecular complexity index is 936. The van der Waals surface area contributed by atoms with Gasteiger partial charge in [-0.1, -0.05) is 35.9 Å². The Hall–Kier alpha value is -2.48. The smallest absolute Gasteiger partial charge is 0.243 e. The minimum Gasteiger partial charge on any atom is -0.346 e. The van der Waals surface area contributed by atoms with Gasteiger partial charge in [0.2, 0.25) is 11.8 Å². The van der Waals surface area contributed by atoms with E-state index in [2.05, 4.69) is 20.4 Å². The number of aryl methyl sites for hydroxylation is 2. The molecule has 0 aliphatic carbocycles. The number of benzene rings is 2. The van der Waals surface area contributed by atoms with Crippen LogP contribution in [0.3, 0.4) is 0 Å². The van der Waals surface area contributed by atoms with Crippen LogP contribution in [0.1, 0.15) is 23.6 Å². The van der Waals surface area contributed by atoms with Crippen molar-refractivity contribution in [2.45, 2.75) is 33.4 Å². The summed E-state index contributed by atoms with van der Waals surface area (Å²) >= 11 is 6.14. The van der Waals surface area contributed by atoms with Gasteiger partial charge in [0, 0.05) is 49.0 Å². The van der Waals surface area contributed by atoms with E-state index >= 15 is 0 Å². The van der Waals surface area contributed by atoms with Crippen molar-refractivity contribution in [3.05, 3.63) is 63.9 Å². The maximum absolute atomic E-state index is 14.0. The lowest BCUT2D eigenvalue weighted by Crippen LogP contribution is -2.54. The van der Waals surface area contributed by atoms with Gasteiger partial charge in [-0.15, -0.1) is 0 Å². The van der Waals surface area contributed by atoms with Crippen molar-refractivity contribution < 1.29 is 14.0 Å². The highest BCUT2D eigenvalue weighted by molar-refractivity contribution is 6.31. The molecule has 172 valence electrons. The third-order valence-electron chi connectivity index (χ3n) is 5.95. The monoisotopic (exact) mass is 460 g/mol. The summed E-state index contributed by atoms with van der Waals surface area (Å²) in [7, 11) is 0. The van der Waals surface area contributed by atoms with Crippen molar-refractivity contribution >= 4 is 29.1 Å². The Balaban J connectivity index is 1.45. The molecule has 0 spiro atoms. The van der Waals surface area contributed by atoms with Crippen molar-refractivity contribution in [2.75, 3.05) is 38.0 Å². The van der Waals surface area contributed by atoms with E-state index in [1.54, 1.807) is 12.1 Å². The fourth-order valence-corrected chi connectivity index (χ4v) is 4.11. The van der Waals surface area contributed by atoms with E-state index in [-0.39, 0.29) is 30.2 Å². The molecule has 1 fully saturated rings. The molecule has 0 bridgehead atoms. The Morgan fingerprint density at radius 2 is 1.69 bits per heavy atom. The lowest BCUT2D eigenvalue weighted by Gasteiger charge is -2.37. The lowest BCUT2D eigenvalue weighted by atomic mass is 10.1. The van der Waals surface area contributed by atoms with E-state index in [1.807, 2.05) is 39.0 Å². The summed E-state index contributed by atoms with van der Waals surface area (Å²) < 4.78 is 14.0. The summed E-state index contributed by atoms with van der Waals surface area (Å²) in [5.41, 5.74) is 3.24. The average molecular weight is 461 g/mol. The maximum atomic E-state index is 14.0. The molecule has 1 aliphatic rings. The highest BCUT2D eigenvalue weighted by Crippen LogP contribution is 2.22. The average Bonchev–Trinajstić information content (AvgIpc) is 2.77. The van der Waals surface area contributed by atoms with Crippen LogP contribution in [-0.2, 0) is 16.1 Å². The van der Waals surface area contributed by atoms with Crippen LogP contribution >= 0.6 is 11.6 Å². The largest absolute Gasteiger partial charge is 0.346 e. The van der Waals surface area contributed by atoms with E-state index in [9.17, 15) is 14.0 Å². The number of carbonyl (C=O) groups excluding carboxylic acids is 2. The van der Waals surface area contributed by atoms with Gasteiger partial charge in [-0.3, -0.25) is 19.4 Å². The molecule has 0 radical (unpaired) electrons. The van der Waals surface area contributed by atoms with Crippen LogP contribution in [-0.4, -0.2) is 60.4 Å². The van der Waals surface area contributed by atoms with E-state index in [4.69, 9.17) is 11.6 Å². The molecular weight excluding hydrogens is 431 g/mol. The molecule has 2 aromatic rings. The molecule has 0 aromatic heterocycles. The Labute approximate surface area is 193 Å². The Kier molecular flexibility index (Phi) is 8.23. The van der Waals surface area contributed by atoms with Gasteiger partial charge in [0.25, 0.3) is 0 Å². The molecular formula is C24H30ClFN4O2. The highest BCUT2D eigenvalue weighted by atomic mass is 35.5. The first-order valence-corrected chi connectivity index (χ1v) is 11.2. The Morgan fingerprint density at radius 3 is 2.31 bits per heavy atom. The van der Waals surface area contributed by atoms with Gasteiger partial charge in [-0.2, -0.15) is 0 Å². The van der Waals surface area contributed by atoms with E-state index in [0.29, 0.717) is 43.3 Å². The number of nitrogens with zero attached hydrogens (tertiary/aromatic N) is 2. The van der Waals surface area contributed by atoms with Gasteiger partial charge in [0.05, 0.1) is 12.6 Å². The fraction of sp³-hybridized carbons (Fsp3) is 0.417. The first-order valence-electron chi connectivity index (χ1n) is 10.8. The van der Waals surface area contributed by atoms with E-state index in [0.717, 1.165) is 16.8 Å². The van der Waals surface area contributed by atoms with Crippen molar-refractivity contribution in [2.24, 2.45) is 0 Å². The number of carbonyl (C=O) groups is 2. The summed E-state index contributed by atoms with van der Waals surface area (Å²) in [4.78, 5) is 29.1. The molecule has 3 rings (SSSR count). The summed E-state index contributed by atoms with van der Waals surface area (Å²) in [5.74, 6) is -0.742. The predicted octanol–water partition coefficient (Wildman–Crippen LogP) is 3.36. The molecule has 0 saturated carbocycles. The second kappa shape index (κ2) is 10.9. The molecule has 0 unspecified atom stereocenters.